The molecule has 0 aliphatic carbocycles. The minimum atomic E-state index is -0.462. The Morgan fingerprint density at radius 2 is 2.11 bits per heavy atom. The van der Waals surface area contributed by atoms with Gasteiger partial charge in [-0.15, -0.1) is 0 Å². The van der Waals surface area contributed by atoms with Crippen molar-refractivity contribution in [1.29, 1.82) is 0 Å². The van der Waals surface area contributed by atoms with Gasteiger partial charge in [-0.2, -0.15) is 0 Å². The summed E-state index contributed by atoms with van der Waals surface area (Å²) in [4.78, 5) is 17.3. The van der Waals surface area contributed by atoms with E-state index in [0.717, 1.165) is 24.1 Å². The van der Waals surface area contributed by atoms with E-state index in [4.69, 9.17) is 9.47 Å². The average Bonchev–Trinajstić information content (AvgIpc) is 3.10. The molecule has 146 valence electrons. The number of hydroxylamine groups is 3. The molecule has 3 fully saturated rings. The molecular weight excluding hydrogens is 360 g/mol. The van der Waals surface area contributed by atoms with Crippen LogP contribution in [0.4, 0.5) is 5.82 Å². The number of aromatic nitrogens is 3. The van der Waals surface area contributed by atoms with Crippen LogP contribution in [0.2, 0.25) is 0 Å². The number of methoxy groups -OCH3 is 1. The number of pyridine rings is 1. The lowest BCUT2D eigenvalue weighted by atomic mass is 9.75. The van der Waals surface area contributed by atoms with E-state index in [0.29, 0.717) is 49.8 Å². The van der Waals surface area contributed by atoms with Crippen LogP contribution in [0.5, 0.6) is 5.88 Å². The third kappa shape index (κ3) is 2.96. The van der Waals surface area contributed by atoms with E-state index in [1.807, 2.05) is 12.1 Å². The molecule has 9 nitrogen and oxygen atoms in total. The molecule has 2 aromatic rings. The van der Waals surface area contributed by atoms with Crippen LogP contribution in [0.3, 0.4) is 0 Å². The summed E-state index contributed by atoms with van der Waals surface area (Å²) in [6.45, 7) is 2.41. The summed E-state index contributed by atoms with van der Waals surface area (Å²) < 4.78 is 11.1. The molecule has 0 saturated carbocycles. The van der Waals surface area contributed by atoms with Crippen LogP contribution < -0.4 is 10.1 Å². The zero-order valence-corrected chi connectivity index (χ0v) is 15.7. The zero-order valence-electron chi connectivity index (χ0n) is 15.7. The molecule has 4 aliphatic rings. The van der Waals surface area contributed by atoms with Crippen molar-refractivity contribution in [3.63, 3.8) is 0 Å². The molecule has 6 heterocycles. The fourth-order valence-corrected chi connectivity index (χ4v) is 4.51. The monoisotopic (exact) mass is 382 g/mol. The highest BCUT2D eigenvalue weighted by atomic mass is 16.6. The van der Waals surface area contributed by atoms with Gasteiger partial charge in [-0.25, -0.2) is 19.9 Å². The number of hydrogen-bond donors (Lipinski definition) is 1. The van der Waals surface area contributed by atoms with E-state index in [2.05, 4.69) is 25.3 Å². The van der Waals surface area contributed by atoms with Gasteiger partial charge in [0.15, 0.2) is 5.60 Å². The molecule has 1 atom stereocenters. The van der Waals surface area contributed by atoms with E-state index in [1.54, 1.807) is 19.4 Å². The molecule has 28 heavy (non-hydrogen) atoms. The topological polar surface area (TPSA) is 105 Å². The van der Waals surface area contributed by atoms with Crippen molar-refractivity contribution >= 4 is 11.8 Å². The maximum atomic E-state index is 12.8. The Labute approximate surface area is 162 Å². The molecule has 2 aromatic heterocycles. The molecule has 4 aliphatic heterocycles. The van der Waals surface area contributed by atoms with E-state index in [1.165, 1.54) is 6.33 Å². The Morgan fingerprint density at radius 1 is 1.25 bits per heavy atom. The largest absolute Gasteiger partial charge is 0.633 e. The van der Waals surface area contributed by atoms with Gasteiger partial charge in [0.25, 0.3) is 6.02 Å². The lowest BCUT2D eigenvalue weighted by molar-refractivity contribution is -0.905. The minimum Gasteiger partial charge on any atom is -0.633 e. The fourth-order valence-electron chi connectivity index (χ4n) is 4.51. The van der Waals surface area contributed by atoms with Gasteiger partial charge < -0.3 is 19.3 Å². The Bertz CT molecular complexity index is 910. The van der Waals surface area contributed by atoms with Crippen molar-refractivity contribution in [3.8, 4) is 17.1 Å². The predicted octanol–water partition coefficient (Wildman–Crippen LogP) is 1.82. The SMILES string of the molecule is COc1ccc(-c2cc(NC3=NC[C@@]4(C[N+]5([O-])CCC4CC5)O3)ncn2)cn1. The number of hydrogen-bond acceptors (Lipinski definition) is 8. The summed E-state index contributed by atoms with van der Waals surface area (Å²) in [5, 5.41) is 15.9. The molecule has 0 radical (unpaired) electrons. The summed E-state index contributed by atoms with van der Waals surface area (Å²) >= 11 is 0. The van der Waals surface area contributed by atoms with Gasteiger partial charge in [0.1, 0.15) is 18.7 Å². The summed E-state index contributed by atoms with van der Waals surface area (Å²) in [7, 11) is 1.58. The number of ether oxygens (including phenoxy) is 2. The number of anilines is 1. The lowest BCUT2D eigenvalue weighted by Gasteiger charge is -2.58. The Morgan fingerprint density at radius 3 is 2.82 bits per heavy atom. The number of nitrogens with one attached hydrogen (secondary N) is 1. The summed E-state index contributed by atoms with van der Waals surface area (Å²) in [6, 6.07) is 5.92. The van der Waals surface area contributed by atoms with Gasteiger partial charge >= 0.3 is 0 Å². The molecule has 2 bridgehead atoms. The van der Waals surface area contributed by atoms with Crippen molar-refractivity contribution in [2.24, 2.45) is 10.9 Å². The molecule has 1 N–H and O–H groups in total. The quantitative estimate of drug-likeness (QED) is 0.638. The van der Waals surface area contributed by atoms with Gasteiger partial charge in [-0.05, 0) is 6.07 Å². The fraction of sp³-hybridized carbons (Fsp3) is 0.474. The minimum absolute atomic E-state index is 0.151. The normalized spacial score (nSPS) is 30.8. The molecule has 1 spiro atoms. The predicted molar refractivity (Wildman–Crippen MR) is 103 cm³/mol. The molecule has 0 aromatic carbocycles. The van der Waals surface area contributed by atoms with Crippen molar-refractivity contribution in [3.05, 3.63) is 35.9 Å². The number of quaternary nitrogens is 1. The van der Waals surface area contributed by atoms with E-state index in [-0.39, 0.29) is 4.65 Å². The van der Waals surface area contributed by atoms with Gasteiger partial charge in [0, 0.05) is 42.7 Å². The second-order valence-corrected chi connectivity index (χ2v) is 7.73. The van der Waals surface area contributed by atoms with Crippen molar-refractivity contribution in [2.45, 2.75) is 18.4 Å². The summed E-state index contributed by atoms with van der Waals surface area (Å²) in [5.41, 5.74) is 1.12. The highest BCUT2D eigenvalue weighted by Crippen LogP contribution is 2.44. The van der Waals surface area contributed by atoms with Crippen LogP contribution in [-0.2, 0) is 4.74 Å². The van der Waals surface area contributed by atoms with E-state index >= 15 is 0 Å². The van der Waals surface area contributed by atoms with Gasteiger partial charge in [0.05, 0.1) is 32.4 Å². The first-order valence-electron chi connectivity index (χ1n) is 9.48. The Hall–Kier alpha value is -2.78. The number of nitrogens with zero attached hydrogens (tertiary/aromatic N) is 5. The summed E-state index contributed by atoms with van der Waals surface area (Å²) in [5.74, 6) is 1.53. The highest BCUT2D eigenvalue weighted by molar-refractivity contribution is 5.90. The first kappa shape index (κ1) is 17.3. The molecule has 0 unspecified atom stereocenters. The smallest absolute Gasteiger partial charge is 0.291 e. The van der Waals surface area contributed by atoms with Crippen molar-refractivity contribution < 1.29 is 14.1 Å². The number of piperidine rings is 3. The molecular formula is C19H22N6O3. The van der Waals surface area contributed by atoms with Gasteiger partial charge in [-0.3, -0.25) is 5.32 Å². The zero-order chi connectivity index (χ0) is 19.2. The van der Waals surface area contributed by atoms with E-state index < -0.39 is 5.60 Å². The van der Waals surface area contributed by atoms with Crippen molar-refractivity contribution in [1.82, 2.24) is 15.0 Å². The third-order valence-corrected chi connectivity index (χ3v) is 6.00. The maximum Gasteiger partial charge on any atom is 0.291 e. The third-order valence-electron chi connectivity index (χ3n) is 6.00. The molecule has 9 heteroatoms. The van der Waals surface area contributed by atoms with Gasteiger partial charge in [-0.1, -0.05) is 0 Å². The van der Waals surface area contributed by atoms with Crippen LogP contribution in [0, 0.1) is 11.1 Å². The lowest BCUT2D eigenvalue weighted by Crippen LogP contribution is -2.67. The second-order valence-electron chi connectivity index (χ2n) is 7.73. The van der Waals surface area contributed by atoms with Crippen LogP contribution >= 0.6 is 0 Å². The highest BCUT2D eigenvalue weighted by Gasteiger charge is 2.56. The van der Waals surface area contributed by atoms with Crippen LogP contribution in [0.25, 0.3) is 11.3 Å². The molecule has 0 amide bonds. The number of fused-ring (bicyclic) bond motifs is 2. The second kappa shape index (κ2) is 6.39. The number of amidine groups is 1. The number of rotatable bonds is 3. The molecule has 3 saturated heterocycles. The van der Waals surface area contributed by atoms with Crippen LogP contribution in [-0.4, -0.2) is 64.5 Å². The standard InChI is InChI=1S/C19H22N6O3/c1-27-17-3-2-13(9-20-17)15-8-16(23-12-22-15)24-18-21-10-19(28-18)11-25(26)6-4-14(19)5-7-25/h2-3,8-9,12,14H,4-7,10-11H2,1H3,(H,21,22,23,24)/t14?,19-,25?/m0/s1. The Balaban J connectivity index is 1.31. The Kier molecular flexibility index (Phi) is 3.95. The van der Waals surface area contributed by atoms with Gasteiger partial charge in [0.2, 0.25) is 5.88 Å². The van der Waals surface area contributed by atoms with Crippen LogP contribution in [0.15, 0.2) is 35.7 Å². The van der Waals surface area contributed by atoms with Crippen LogP contribution in [0.1, 0.15) is 12.8 Å². The maximum absolute atomic E-state index is 12.8. The van der Waals surface area contributed by atoms with Crippen molar-refractivity contribution in [2.75, 3.05) is 38.6 Å². The van der Waals surface area contributed by atoms with E-state index in [9.17, 15) is 5.21 Å². The first-order valence-corrected chi connectivity index (χ1v) is 9.48. The average molecular weight is 382 g/mol. The first-order chi connectivity index (χ1) is 13.6. The number of aliphatic imine (C=N–C) groups is 1. The molecule has 6 rings (SSSR count). The summed E-state index contributed by atoms with van der Waals surface area (Å²) in [6.07, 6.45) is 5.01.